The molecule has 0 spiro atoms. The molecular weight excluding hydrogens is 206 g/mol. The zero-order valence-corrected chi connectivity index (χ0v) is 8.75. The van der Waals surface area contributed by atoms with Crippen LogP contribution in [0.5, 0.6) is 0 Å². The van der Waals surface area contributed by atoms with Gasteiger partial charge in [-0.3, -0.25) is 9.69 Å². The Balaban J connectivity index is 4.11. The Bertz CT molecular complexity index is 328. The summed E-state index contributed by atoms with van der Waals surface area (Å²) in [6, 6.07) is 0. The Morgan fingerprint density at radius 2 is 2.14 bits per heavy atom. The van der Waals surface area contributed by atoms with E-state index in [1.807, 2.05) is 0 Å². The molecule has 0 bridgehead atoms. The van der Waals surface area contributed by atoms with Crippen molar-refractivity contribution in [1.29, 1.82) is 0 Å². The van der Waals surface area contributed by atoms with E-state index in [0.717, 1.165) is 6.26 Å². The van der Waals surface area contributed by atoms with Gasteiger partial charge >= 0.3 is 5.97 Å². The molecule has 0 aliphatic carbocycles. The molecule has 0 aromatic heterocycles. The minimum Gasteiger partial charge on any atom is -0.480 e. The molecule has 0 saturated heterocycles. The zero-order chi connectivity index (χ0) is 11.2. The Labute approximate surface area is 83.6 Å². The van der Waals surface area contributed by atoms with E-state index in [9.17, 15) is 13.2 Å². The van der Waals surface area contributed by atoms with E-state index in [1.165, 1.54) is 4.90 Å². The molecule has 0 aromatic carbocycles. The third-order valence-corrected chi connectivity index (χ3v) is 2.38. The summed E-state index contributed by atoms with van der Waals surface area (Å²) < 4.78 is 21.6. The summed E-state index contributed by atoms with van der Waals surface area (Å²) in [6.45, 7) is 0.0525. The molecule has 0 unspecified atom stereocenters. The van der Waals surface area contributed by atoms with Gasteiger partial charge in [0.15, 0.2) is 0 Å². The first-order valence-corrected chi connectivity index (χ1v) is 5.96. The van der Waals surface area contributed by atoms with Gasteiger partial charge in [-0.15, -0.1) is 6.42 Å². The lowest BCUT2D eigenvalue weighted by Gasteiger charge is -2.16. The van der Waals surface area contributed by atoms with E-state index >= 15 is 0 Å². The van der Waals surface area contributed by atoms with Crippen molar-refractivity contribution in [3.63, 3.8) is 0 Å². The summed E-state index contributed by atoms with van der Waals surface area (Å²) in [5.41, 5.74) is 0. The minimum atomic E-state index is -3.08. The lowest BCUT2D eigenvalue weighted by Crippen LogP contribution is -2.34. The molecule has 0 amide bonds. The fourth-order valence-electron chi connectivity index (χ4n) is 0.829. The highest BCUT2D eigenvalue weighted by atomic mass is 32.2. The first-order chi connectivity index (χ1) is 6.35. The summed E-state index contributed by atoms with van der Waals surface area (Å²) in [4.78, 5) is 11.7. The highest BCUT2D eigenvalue weighted by molar-refractivity contribution is 7.90. The molecule has 0 saturated carbocycles. The second kappa shape index (κ2) is 5.62. The molecule has 0 aliphatic rings. The number of aliphatic carboxylic acids is 1. The predicted molar refractivity (Wildman–Crippen MR) is 52.6 cm³/mol. The number of carboxylic acids is 1. The van der Waals surface area contributed by atoms with Crippen molar-refractivity contribution < 1.29 is 18.3 Å². The average Bonchev–Trinajstić information content (AvgIpc) is 1.98. The van der Waals surface area contributed by atoms with Crippen LogP contribution in [-0.2, 0) is 14.6 Å². The SMILES string of the molecule is C#CCN(CCS(C)(=O)=O)CC(=O)O. The van der Waals surface area contributed by atoms with E-state index in [0.29, 0.717) is 0 Å². The van der Waals surface area contributed by atoms with Crippen molar-refractivity contribution in [2.24, 2.45) is 0 Å². The second-order valence-corrected chi connectivity index (χ2v) is 5.20. The van der Waals surface area contributed by atoms with Gasteiger partial charge in [-0.05, 0) is 0 Å². The smallest absolute Gasteiger partial charge is 0.317 e. The normalized spacial score (nSPS) is 11.2. The molecule has 0 fully saturated rings. The largest absolute Gasteiger partial charge is 0.480 e. The van der Waals surface area contributed by atoms with Crippen molar-refractivity contribution in [2.75, 3.05) is 31.6 Å². The van der Waals surface area contributed by atoms with Gasteiger partial charge < -0.3 is 5.11 Å². The van der Waals surface area contributed by atoms with E-state index in [2.05, 4.69) is 5.92 Å². The van der Waals surface area contributed by atoms with Crippen LogP contribution in [0.4, 0.5) is 0 Å². The number of carbonyl (C=O) groups is 1. The van der Waals surface area contributed by atoms with Crippen LogP contribution in [0.2, 0.25) is 0 Å². The Hall–Kier alpha value is -1.06. The van der Waals surface area contributed by atoms with Gasteiger partial charge in [0.25, 0.3) is 0 Å². The number of nitrogens with zero attached hydrogens (tertiary/aromatic N) is 1. The summed E-state index contributed by atoms with van der Waals surface area (Å²) in [6.07, 6.45) is 6.11. The van der Waals surface area contributed by atoms with Gasteiger partial charge in [0.05, 0.1) is 18.8 Å². The maximum Gasteiger partial charge on any atom is 0.317 e. The summed E-state index contributed by atoms with van der Waals surface area (Å²) in [5.74, 6) is 1.18. The van der Waals surface area contributed by atoms with Gasteiger partial charge in [0, 0.05) is 12.8 Å². The van der Waals surface area contributed by atoms with E-state index in [1.54, 1.807) is 0 Å². The predicted octanol–water partition coefficient (Wildman–Crippen LogP) is -0.949. The van der Waals surface area contributed by atoms with Crippen LogP contribution >= 0.6 is 0 Å². The quantitative estimate of drug-likeness (QED) is 0.583. The first kappa shape index (κ1) is 12.9. The molecule has 6 heteroatoms. The van der Waals surface area contributed by atoms with Crippen LogP contribution in [0.15, 0.2) is 0 Å². The topological polar surface area (TPSA) is 74.7 Å². The summed E-state index contributed by atoms with van der Waals surface area (Å²) in [5, 5.41) is 8.48. The second-order valence-electron chi connectivity index (χ2n) is 2.94. The molecule has 0 rings (SSSR count). The molecule has 1 N–H and O–H groups in total. The minimum absolute atomic E-state index is 0.0814. The number of sulfone groups is 1. The lowest BCUT2D eigenvalue weighted by molar-refractivity contribution is -0.138. The van der Waals surface area contributed by atoms with Crippen molar-refractivity contribution in [1.82, 2.24) is 4.90 Å². The summed E-state index contributed by atoms with van der Waals surface area (Å²) in [7, 11) is -3.08. The van der Waals surface area contributed by atoms with Gasteiger partial charge in [-0.1, -0.05) is 5.92 Å². The van der Waals surface area contributed by atoms with Gasteiger partial charge in [-0.25, -0.2) is 8.42 Å². The molecule has 0 atom stereocenters. The maximum atomic E-state index is 10.8. The zero-order valence-electron chi connectivity index (χ0n) is 7.93. The fraction of sp³-hybridized carbons (Fsp3) is 0.625. The van der Waals surface area contributed by atoms with Crippen LogP contribution in [0.1, 0.15) is 0 Å². The molecule has 80 valence electrons. The molecule has 14 heavy (non-hydrogen) atoms. The van der Waals surface area contributed by atoms with Crippen LogP contribution in [0.25, 0.3) is 0 Å². The van der Waals surface area contributed by atoms with E-state index in [-0.39, 0.29) is 25.4 Å². The Morgan fingerprint density at radius 3 is 2.50 bits per heavy atom. The van der Waals surface area contributed by atoms with Crippen molar-refractivity contribution >= 4 is 15.8 Å². The molecule has 0 aliphatic heterocycles. The van der Waals surface area contributed by atoms with E-state index < -0.39 is 15.8 Å². The van der Waals surface area contributed by atoms with E-state index in [4.69, 9.17) is 11.5 Å². The van der Waals surface area contributed by atoms with Crippen LogP contribution in [0.3, 0.4) is 0 Å². The number of rotatable bonds is 6. The Morgan fingerprint density at radius 1 is 1.57 bits per heavy atom. The highest BCUT2D eigenvalue weighted by Crippen LogP contribution is 1.90. The fourth-order valence-corrected chi connectivity index (χ4v) is 1.42. The van der Waals surface area contributed by atoms with Crippen LogP contribution < -0.4 is 0 Å². The maximum absolute atomic E-state index is 10.8. The lowest BCUT2D eigenvalue weighted by atomic mass is 10.4. The van der Waals surface area contributed by atoms with Gasteiger partial charge in [0.2, 0.25) is 0 Å². The standard InChI is InChI=1S/C8H13NO4S/c1-3-4-9(7-8(10)11)5-6-14(2,12)13/h1H,4-7H2,2H3,(H,10,11). The first-order valence-electron chi connectivity index (χ1n) is 3.90. The number of terminal acetylenes is 1. The number of carboxylic acid groups (broad SMARTS) is 1. The number of hydrogen-bond donors (Lipinski definition) is 1. The number of hydrogen-bond acceptors (Lipinski definition) is 4. The average molecular weight is 219 g/mol. The van der Waals surface area contributed by atoms with Crippen LogP contribution in [0, 0.1) is 12.3 Å². The third kappa shape index (κ3) is 7.58. The van der Waals surface area contributed by atoms with Crippen molar-refractivity contribution in [3.8, 4) is 12.3 Å². The molecule has 0 aromatic rings. The van der Waals surface area contributed by atoms with Gasteiger partial charge in [-0.2, -0.15) is 0 Å². The highest BCUT2D eigenvalue weighted by Gasteiger charge is 2.11. The third-order valence-electron chi connectivity index (χ3n) is 1.45. The molecular formula is C8H13NO4S. The molecule has 5 nitrogen and oxygen atoms in total. The Kier molecular flexibility index (Phi) is 5.20. The van der Waals surface area contributed by atoms with Crippen molar-refractivity contribution in [3.05, 3.63) is 0 Å². The molecule has 0 radical (unpaired) electrons. The van der Waals surface area contributed by atoms with Crippen LogP contribution in [-0.4, -0.2) is 56.0 Å². The molecule has 0 heterocycles. The van der Waals surface area contributed by atoms with Gasteiger partial charge in [0.1, 0.15) is 9.84 Å². The summed E-state index contributed by atoms with van der Waals surface area (Å²) >= 11 is 0. The monoisotopic (exact) mass is 219 g/mol. The van der Waals surface area contributed by atoms with Crippen molar-refractivity contribution in [2.45, 2.75) is 0 Å².